The van der Waals surface area contributed by atoms with Crippen molar-refractivity contribution in [3.8, 4) is 0 Å². The Morgan fingerprint density at radius 3 is 2.58 bits per heavy atom. The van der Waals surface area contributed by atoms with E-state index in [0.717, 1.165) is 24.2 Å². The zero-order valence-corrected chi connectivity index (χ0v) is 14.2. The minimum absolute atomic E-state index is 0.0692. The summed E-state index contributed by atoms with van der Waals surface area (Å²) in [7, 11) is 0. The van der Waals surface area contributed by atoms with Gasteiger partial charge in [0.1, 0.15) is 17.3 Å². The van der Waals surface area contributed by atoms with Gasteiger partial charge in [-0.1, -0.05) is 43.2 Å². The molecule has 2 aromatic rings. The van der Waals surface area contributed by atoms with E-state index < -0.39 is 0 Å². The average molecular weight is 324 g/mol. The Hall–Kier alpha value is -2.43. The molecule has 1 aromatic heterocycles. The first kappa shape index (κ1) is 16.4. The highest BCUT2D eigenvalue weighted by Crippen LogP contribution is 2.22. The number of hydrogen-bond donors (Lipinski definition) is 2. The van der Waals surface area contributed by atoms with Crippen molar-refractivity contribution >= 4 is 11.7 Å². The molecule has 24 heavy (non-hydrogen) atoms. The summed E-state index contributed by atoms with van der Waals surface area (Å²) in [5.41, 5.74) is 1.48. The molecular weight excluding hydrogens is 300 g/mol. The maximum Gasteiger partial charge on any atom is 0.270 e. The van der Waals surface area contributed by atoms with Crippen molar-refractivity contribution in [2.75, 3.05) is 5.32 Å². The van der Waals surface area contributed by atoms with Crippen molar-refractivity contribution in [3.63, 3.8) is 0 Å². The lowest BCUT2D eigenvalue weighted by molar-refractivity contribution is 0.0934. The van der Waals surface area contributed by atoms with Gasteiger partial charge in [-0.2, -0.15) is 0 Å². The van der Waals surface area contributed by atoms with Crippen LogP contribution in [0.15, 0.2) is 36.4 Å². The lowest BCUT2D eigenvalue weighted by Gasteiger charge is -2.16. The lowest BCUT2D eigenvalue weighted by Crippen LogP contribution is -2.28. The molecule has 1 fully saturated rings. The molecular formula is C19H24N4O. The van der Waals surface area contributed by atoms with Gasteiger partial charge in [0.15, 0.2) is 0 Å². The number of aryl methyl sites for hydroxylation is 1. The first-order valence-corrected chi connectivity index (χ1v) is 8.60. The number of amides is 1. The standard InChI is InChI=1S/C19H24N4O/c1-13(15-8-4-3-5-9-15)20-19(24)17-12-18(22-14(2)21-17)23-16-10-6-7-11-16/h3-5,8-9,12-13,16H,6-7,10-11H2,1-2H3,(H,20,24)(H,21,22,23). The molecule has 1 aromatic carbocycles. The summed E-state index contributed by atoms with van der Waals surface area (Å²) in [4.78, 5) is 21.2. The van der Waals surface area contributed by atoms with E-state index in [1.807, 2.05) is 44.2 Å². The van der Waals surface area contributed by atoms with Gasteiger partial charge in [0, 0.05) is 12.1 Å². The Kier molecular flexibility index (Phi) is 5.08. The molecule has 5 heteroatoms. The maximum absolute atomic E-state index is 12.5. The van der Waals surface area contributed by atoms with Gasteiger partial charge in [-0.3, -0.25) is 4.79 Å². The highest BCUT2D eigenvalue weighted by Gasteiger charge is 2.18. The van der Waals surface area contributed by atoms with E-state index >= 15 is 0 Å². The Morgan fingerprint density at radius 1 is 1.17 bits per heavy atom. The number of carbonyl (C=O) groups excluding carboxylic acids is 1. The maximum atomic E-state index is 12.5. The van der Waals surface area contributed by atoms with Crippen LogP contribution in [-0.4, -0.2) is 21.9 Å². The van der Waals surface area contributed by atoms with Crippen molar-refractivity contribution in [1.82, 2.24) is 15.3 Å². The molecule has 1 saturated carbocycles. The monoisotopic (exact) mass is 324 g/mol. The van der Waals surface area contributed by atoms with Crippen molar-refractivity contribution < 1.29 is 4.79 Å². The number of carbonyl (C=O) groups is 1. The molecule has 0 spiro atoms. The molecule has 5 nitrogen and oxygen atoms in total. The summed E-state index contributed by atoms with van der Waals surface area (Å²) in [6.45, 7) is 3.79. The van der Waals surface area contributed by atoms with Gasteiger partial charge in [-0.05, 0) is 32.3 Å². The van der Waals surface area contributed by atoms with Gasteiger partial charge in [-0.25, -0.2) is 9.97 Å². The Morgan fingerprint density at radius 2 is 1.88 bits per heavy atom. The molecule has 1 unspecified atom stereocenters. The van der Waals surface area contributed by atoms with E-state index in [0.29, 0.717) is 17.6 Å². The van der Waals surface area contributed by atoms with Gasteiger partial charge in [0.05, 0.1) is 6.04 Å². The molecule has 1 atom stereocenters. The molecule has 0 bridgehead atoms. The predicted molar refractivity (Wildman–Crippen MR) is 95.0 cm³/mol. The summed E-state index contributed by atoms with van der Waals surface area (Å²) in [6, 6.07) is 12.0. The van der Waals surface area contributed by atoms with Gasteiger partial charge in [0.25, 0.3) is 5.91 Å². The van der Waals surface area contributed by atoms with Crippen LogP contribution in [-0.2, 0) is 0 Å². The van der Waals surface area contributed by atoms with Crippen molar-refractivity contribution in [1.29, 1.82) is 0 Å². The molecule has 1 aliphatic carbocycles. The highest BCUT2D eigenvalue weighted by molar-refractivity contribution is 5.93. The fourth-order valence-corrected chi connectivity index (χ4v) is 3.13. The van der Waals surface area contributed by atoms with E-state index in [2.05, 4.69) is 20.6 Å². The average Bonchev–Trinajstić information content (AvgIpc) is 3.08. The molecule has 3 rings (SSSR count). The number of anilines is 1. The Balaban J connectivity index is 1.70. The topological polar surface area (TPSA) is 66.9 Å². The minimum Gasteiger partial charge on any atom is -0.367 e. The van der Waals surface area contributed by atoms with Gasteiger partial charge >= 0.3 is 0 Å². The number of rotatable bonds is 5. The molecule has 1 aliphatic rings. The summed E-state index contributed by atoms with van der Waals surface area (Å²) in [5, 5.41) is 6.43. The number of aromatic nitrogens is 2. The van der Waals surface area contributed by atoms with Gasteiger partial charge < -0.3 is 10.6 Å². The second-order valence-corrected chi connectivity index (χ2v) is 6.42. The zero-order chi connectivity index (χ0) is 16.9. The van der Waals surface area contributed by atoms with E-state index in [-0.39, 0.29) is 11.9 Å². The summed E-state index contributed by atoms with van der Waals surface area (Å²) >= 11 is 0. The summed E-state index contributed by atoms with van der Waals surface area (Å²) < 4.78 is 0. The number of nitrogens with one attached hydrogen (secondary N) is 2. The molecule has 0 radical (unpaired) electrons. The predicted octanol–water partition coefficient (Wildman–Crippen LogP) is 3.63. The van der Waals surface area contributed by atoms with Crippen LogP contribution < -0.4 is 10.6 Å². The van der Waals surface area contributed by atoms with Gasteiger partial charge in [-0.15, -0.1) is 0 Å². The van der Waals surface area contributed by atoms with E-state index in [4.69, 9.17) is 0 Å². The van der Waals surface area contributed by atoms with Crippen molar-refractivity contribution in [2.45, 2.75) is 51.6 Å². The third-order valence-electron chi connectivity index (χ3n) is 4.42. The second-order valence-electron chi connectivity index (χ2n) is 6.42. The normalized spacial score (nSPS) is 15.9. The molecule has 2 N–H and O–H groups in total. The van der Waals surface area contributed by atoms with Crippen LogP contribution in [0.3, 0.4) is 0 Å². The Bertz CT molecular complexity index is 696. The van der Waals surface area contributed by atoms with Crippen LogP contribution in [0.25, 0.3) is 0 Å². The fraction of sp³-hybridized carbons (Fsp3) is 0.421. The molecule has 0 saturated heterocycles. The zero-order valence-electron chi connectivity index (χ0n) is 14.2. The van der Waals surface area contributed by atoms with Crippen LogP contribution in [0.4, 0.5) is 5.82 Å². The van der Waals surface area contributed by atoms with Crippen molar-refractivity contribution in [3.05, 3.63) is 53.5 Å². The van der Waals surface area contributed by atoms with Crippen LogP contribution in [0.1, 0.15) is 60.5 Å². The van der Waals surface area contributed by atoms with Gasteiger partial charge in [0.2, 0.25) is 0 Å². The number of hydrogen-bond acceptors (Lipinski definition) is 4. The van der Waals surface area contributed by atoms with E-state index in [1.54, 1.807) is 6.07 Å². The Labute approximate surface area is 142 Å². The van der Waals surface area contributed by atoms with E-state index in [1.165, 1.54) is 12.8 Å². The first-order chi connectivity index (χ1) is 11.6. The third kappa shape index (κ3) is 4.10. The smallest absolute Gasteiger partial charge is 0.270 e. The van der Waals surface area contributed by atoms with Crippen LogP contribution in [0.5, 0.6) is 0 Å². The molecule has 1 amide bonds. The summed E-state index contributed by atoms with van der Waals surface area (Å²) in [6.07, 6.45) is 4.83. The quantitative estimate of drug-likeness (QED) is 0.881. The van der Waals surface area contributed by atoms with Crippen LogP contribution in [0.2, 0.25) is 0 Å². The minimum atomic E-state index is -0.175. The van der Waals surface area contributed by atoms with Crippen LogP contribution in [0, 0.1) is 6.92 Å². The fourth-order valence-electron chi connectivity index (χ4n) is 3.13. The largest absolute Gasteiger partial charge is 0.367 e. The molecule has 0 aliphatic heterocycles. The van der Waals surface area contributed by atoms with Crippen LogP contribution >= 0.6 is 0 Å². The molecule has 126 valence electrons. The third-order valence-corrected chi connectivity index (χ3v) is 4.42. The highest BCUT2D eigenvalue weighted by atomic mass is 16.1. The first-order valence-electron chi connectivity index (χ1n) is 8.60. The number of benzene rings is 1. The summed E-state index contributed by atoms with van der Waals surface area (Å²) in [5.74, 6) is 1.17. The second kappa shape index (κ2) is 7.43. The number of nitrogens with zero attached hydrogens (tertiary/aromatic N) is 2. The lowest BCUT2D eigenvalue weighted by atomic mass is 10.1. The van der Waals surface area contributed by atoms with E-state index in [9.17, 15) is 4.79 Å². The van der Waals surface area contributed by atoms with Crippen molar-refractivity contribution in [2.24, 2.45) is 0 Å². The SMILES string of the molecule is Cc1nc(NC2CCCC2)cc(C(=O)NC(C)c2ccccc2)n1. The molecule has 1 heterocycles.